The third kappa shape index (κ3) is 5.55. The third-order valence-corrected chi connectivity index (χ3v) is 10.4. The van der Waals surface area contributed by atoms with Gasteiger partial charge in [-0.1, -0.05) is 19.4 Å². The molecule has 12 nitrogen and oxygen atoms in total. The third-order valence-electron chi connectivity index (χ3n) is 10.4. The van der Waals surface area contributed by atoms with E-state index < -0.39 is 78.6 Å². The van der Waals surface area contributed by atoms with Crippen LogP contribution in [0.25, 0.3) is 0 Å². The Morgan fingerprint density at radius 3 is 2.44 bits per heavy atom. The molecular formula is C29H39NO11. The van der Waals surface area contributed by atoms with Gasteiger partial charge < -0.3 is 30.5 Å². The zero-order valence-electron chi connectivity index (χ0n) is 23.4. The Balaban J connectivity index is 1.36. The molecule has 41 heavy (non-hydrogen) atoms. The number of esters is 1. The van der Waals surface area contributed by atoms with E-state index in [1.807, 2.05) is 12.2 Å². The van der Waals surface area contributed by atoms with Gasteiger partial charge in [0.25, 0.3) is 0 Å². The van der Waals surface area contributed by atoms with E-state index in [0.717, 1.165) is 18.4 Å². The molecule has 0 bridgehead atoms. The number of aliphatic carboxylic acids is 2. The molecule has 0 aromatic carbocycles. The lowest BCUT2D eigenvalue weighted by atomic mass is 9.45. The SMILES string of the molecule is C[C@]12CCC(=O)C=C1CC[C@H]1[C@H]2[C@@H](O)C[C@@]2(C)[C@@H]1CC[C@]2(O)C(=O)COC(=O)CCC(=O)N[C@@H](CC(=O)O)C(=O)O. The second-order valence-corrected chi connectivity index (χ2v) is 12.6. The fourth-order valence-corrected chi connectivity index (χ4v) is 8.34. The van der Waals surface area contributed by atoms with Crippen LogP contribution in [0, 0.1) is 28.6 Å². The molecule has 0 spiro atoms. The van der Waals surface area contributed by atoms with Crippen LogP contribution in [0.5, 0.6) is 0 Å². The predicted molar refractivity (Wildman–Crippen MR) is 140 cm³/mol. The van der Waals surface area contributed by atoms with E-state index in [4.69, 9.17) is 14.9 Å². The van der Waals surface area contributed by atoms with Crippen LogP contribution in [0.4, 0.5) is 0 Å². The molecule has 1 amide bonds. The summed E-state index contributed by atoms with van der Waals surface area (Å²) >= 11 is 0. The number of fused-ring (bicyclic) bond motifs is 5. The number of carbonyl (C=O) groups excluding carboxylic acids is 4. The van der Waals surface area contributed by atoms with Crippen molar-refractivity contribution in [3.63, 3.8) is 0 Å². The molecule has 4 aliphatic carbocycles. The maximum Gasteiger partial charge on any atom is 0.326 e. The van der Waals surface area contributed by atoms with Gasteiger partial charge in [0.15, 0.2) is 12.4 Å². The van der Waals surface area contributed by atoms with E-state index >= 15 is 0 Å². The number of ether oxygens (including phenoxy) is 1. The molecule has 4 aliphatic rings. The van der Waals surface area contributed by atoms with Crippen molar-refractivity contribution in [3.05, 3.63) is 11.6 Å². The molecule has 8 atom stereocenters. The summed E-state index contributed by atoms with van der Waals surface area (Å²) in [5, 5.41) is 43.0. The van der Waals surface area contributed by atoms with Crippen molar-refractivity contribution in [2.75, 3.05) is 6.61 Å². The lowest BCUT2D eigenvalue weighted by Crippen LogP contribution is -2.62. The standard InChI is InChI=1S/C29H39NO11/c1-27-9-7-16(31)11-15(27)3-4-17-18-8-10-29(40,28(18,2)13-20(32)25(17)27)21(33)14-41-24(37)6-5-22(34)30-19(26(38)39)12-23(35)36/h11,17-20,25,32,40H,3-10,12-14H2,1-2H3,(H,30,34)(H,35,36)(H,38,39)/t17-,18-,19+,20+,25+,27+,28+,29+/m1/s1. The van der Waals surface area contributed by atoms with Crippen molar-refractivity contribution < 1.29 is 53.9 Å². The molecule has 0 heterocycles. The summed E-state index contributed by atoms with van der Waals surface area (Å²) in [6.07, 6.45) is 2.74. The molecule has 4 rings (SSSR count). The lowest BCUT2D eigenvalue weighted by molar-refractivity contribution is -0.184. The van der Waals surface area contributed by atoms with E-state index in [0.29, 0.717) is 19.3 Å². The summed E-state index contributed by atoms with van der Waals surface area (Å²) in [6, 6.07) is -1.65. The number of aliphatic hydroxyl groups is 2. The summed E-state index contributed by atoms with van der Waals surface area (Å²) < 4.78 is 5.06. The maximum atomic E-state index is 13.3. The predicted octanol–water partition coefficient (Wildman–Crippen LogP) is 1.16. The average Bonchev–Trinajstić information content (AvgIpc) is 3.16. The second kappa shape index (κ2) is 11.3. The number of carbonyl (C=O) groups is 6. The highest BCUT2D eigenvalue weighted by atomic mass is 16.5. The van der Waals surface area contributed by atoms with Crippen LogP contribution in [0.3, 0.4) is 0 Å². The molecule has 3 fully saturated rings. The van der Waals surface area contributed by atoms with Gasteiger partial charge in [0, 0.05) is 18.3 Å². The van der Waals surface area contributed by atoms with Crippen LogP contribution in [-0.2, 0) is 33.5 Å². The highest BCUT2D eigenvalue weighted by Crippen LogP contribution is 2.67. The van der Waals surface area contributed by atoms with Gasteiger partial charge in [-0.3, -0.25) is 24.0 Å². The van der Waals surface area contributed by atoms with Gasteiger partial charge in [-0.2, -0.15) is 0 Å². The van der Waals surface area contributed by atoms with Crippen LogP contribution in [0.1, 0.15) is 78.1 Å². The largest absolute Gasteiger partial charge is 0.481 e. The number of carboxylic acids is 2. The number of nitrogens with one attached hydrogen (secondary N) is 1. The van der Waals surface area contributed by atoms with Crippen LogP contribution >= 0.6 is 0 Å². The van der Waals surface area contributed by atoms with Gasteiger partial charge in [0.05, 0.1) is 18.9 Å². The van der Waals surface area contributed by atoms with Crippen molar-refractivity contribution in [2.24, 2.45) is 28.6 Å². The normalized spacial score (nSPS) is 36.6. The molecule has 3 saturated carbocycles. The van der Waals surface area contributed by atoms with Crippen molar-refractivity contribution in [1.82, 2.24) is 5.32 Å². The van der Waals surface area contributed by atoms with Gasteiger partial charge in [0.1, 0.15) is 11.6 Å². The first-order valence-corrected chi connectivity index (χ1v) is 14.2. The van der Waals surface area contributed by atoms with Crippen LogP contribution in [0.2, 0.25) is 0 Å². The number of aliphatic hydroxyl groups excluding tert-OH is 1. The molecule has 0 radical (unpaired) electrons. The number of Topliss-reactive ketones (excluding diaryl/α,β-unsaturated/α-hetero) is 1. The zero-order chi connectivity index (χ0) is 30.3. The first-order chi connectivity index (χ1) is 19.1. The smallest absolute Gasteiger partial charge is 0.326 e. The fourth-order valence-electron chi connectivity index (χ4n) is 8.34. The van der Waals surface area contributed by atoms with Crippen LogP contribution in [0.15, 0.2) is 11.6 Å². The molecule has 5 N–H and O–H groups in total. The van der Waals surface area contributed by atoms with Crippen molar-refractivity contribution in [3.8, 4) is 0 Å². The minimum atomic E-state index is -1.81. The molecule has 0 aromatic rings. The minimum Gasteiger partial charge on any atom is -0.481 e. The summed E-state index contributed by atoms with van der Waals surface area (Å²) in [4.78, 5) is 71.5. The zero-order valence-corrected chi connectivity index (χ0v) is 23.4. The van der Waals surface area contributed by atoms with Crippen molar-refractivity contribution >= 4 is 35.4 Å². The topological polar surface area (TPSA) is 205 Å². The highest BCUT2D eigenvalue weighted by molar-refractivity contribution is 5.92. The highest BCUT2D eigenvalue weighted by Gasteiger charge is 2.68. The van der Waals surface area contributed by atoms with E-state index in [-0.39, 0.29) is 41.8 Å². The molecule has 0 saturated heterocycles. The quantitative estimate of drug-likeness (QED) is 0.233. The van der Waals surface area contributed by atoms with E-state index in [1.165, 1.54) is 0 Å². The maximum absolute atomic E-state index is 13.3. The van der Waals surface area contributed by atoms with Crippen LogP contribution < -0.4 is 5.32 Å². The van der Waals surface area contributed by atoms with E-state index in [1.54, 1.807) is 6.08 Å². The molecular weight excluding hydrogens is 538 g/mol. The van der Waals surface area contributed by atoms with Crippen LogP contribution in [-0.4, -0.2) is 80.2 Å². The van der Waals surface area contributed by atoms with Crippen molar-refractivity contribution in [1.29, 1.82) is 0 Å². The first kappa shape index (κ1) is 30.8. The van der Waals surface area contributed by atoms with E-state index in [9.17, 15) is 39.0 Å². The number of amides is 1. The van der Waals surface area contributed by atoms with Crippen molar-refractivity contribution in [2.45, 2.75) is 95.8 Å². The second-order valence-electron chi connectivity index (χ2n) is 12.6. The Kier molecular flexibility index (Phi) is 8.48. The van der Waals surface area contributed by atoms with Gasteiger partial charge in [-0.15, -0.1) is 0 Å². The van der Waals surface area contributed by atoms with Gasteiger partial charge in [0.2, 0.25) is 11.7 Å². The summed E-state index contributed by atoms with van der Waals surface area (Å²) in [6.45, 7) is 3.23. The number of hydrogen-bond donors (Lipinski definition) is 5. The Hall–Kier alpha value is -3.12. The Morgan fingerprint density at radius 1 is 1.07 bits per heavy atom. The summed E-state index contributed by atoms with van der Waals surface area (Å²) in [7, 11) is 0. The van der Waals surface area contributed by atoms with E-state index in [2.05, 4.69) is 6.92 Å². The summed E-state index contributed by atoms with van der Waals surface area (Å²) in [5.41, 5.74) is -1.97. The van der Waals surface area contributed by atoms with Gasteiger partial charge in [-0.05, 0) is 67.8 Å². The van der Waals surface area contributed by atoms with Gasteiger partial charge in [-0.25, -0.2) is 4.79 Å². The van der Waals surface area contributed by atoms with Gasteiger partial charge >= 0.3 is 17.9 Å². The minimum absolute atomic E-state index is 0.0340. The Morgan fingerprint density at radius 2 is 1.78 bits per heavy atom. The molecule has 0 unspecified atom stereocenters. The number of rotatable bonds is 10. The number of carboxylic acid groups (broad SMARTS) is 2. The molecule has 12 heteroatoms. The average molecular weight is 578 g/mol. The number of hydrogen-bond acceptors (Lipinski definition) is 9. The summed E-state index contributed by atoms with van der Waals surface area (Å²) in [5.74, 6) is -5.32. The Bertz CT molecular complexity index is 1180. The fraction of sp³-hybridized carbons (Fsp3) is 0.724. The monoisotopic (exact) mass is 577 g/mol. The molecule has 0 aliphatic heterocycles. The number of ketones is 2. The first-order valence-electron chi connectivity index (χ1n) is 14.2. The Labute approximate surface area is 237 Å². The molecule has 226 valence electrons. The molecule has 0 aromatic heterocycles. The lowest BCUT2D eigenvalue weighted by Gasteiger charge is -2.60. The number of allylic oxidation sites excluding steroid dienone is 1.